The number of aromatic hydroxyl groups is 1. The number of amides is 1. The van der Waals surface area contributed by atoms with E-state index in [1.807, 2.05) is 7.05 Å². The highest BCUT2D eigenvalue weighted by molar-refractivity contribution is 5.78. The molecule has 0 aliphatic heterocycles. The van der Waals surface area contributed by atoms with E-state index in [9.17, 15) is 9.90 Å². The van der Waals surface area contributed by atoms with Crippen LogP contribution < -0.4 is 4.74 Å². The van der Waals surface area contributed by atoms with Gasteiger partial charge in [0.2, 0.25) is 5.91 Å². The summed E-state index contributed by atoms with van der Waals surface area (Å²) < 4.78 is 5.59. The highest BCUT2D eigenvalue weighted by Gasteiger charge is 2.22. The van der Waals surface area contributed by atoms with Crippen LogP contribution in [0.25, 0.3) is 0 Å². The van der Waals surface area contributed by atoms with Crippen LogP contribution >= 0.6 is 0 Å². The highest BCUT2D eigenvalue weighted by Crippen LogP contribution is 2.24. The standard InChI is InChI=1S/C17H25NO3/c1-18(17(20)14-6-4-2-3-5-7-14)12-13-21-16-10-8-15(19)9-11-16/h8-11,14,19H,2-7,12-13H2,1H3. The molecule has 21 heavy (non-hydrogen) atoms. The van der Waals surface area contributed by atoms with Gasteiger partial charge < -0.3 is 14.7 Å². The lowest BCUT2D eigenvalue weighted by Crippen LogP contribution is -2.35. The lowest BCUT2D eigenvalue weighted by atomic mass is 9.99. The zero-order valence-corrected chi connectivity index (χ0v) is 12.8. The molecule has 1 fully saturated rings. The first-order valence-electron chi connectivity index (χ1n) is 7.83. The van der Waals surface area contributed by atoms with E-state index in [-0.39, 0.29) is 17.6 Å². The van der Waals surface area contributed by atoms with Crippen LogP contribution in [0.3, 0.4) is 0 Å². The largest absolute Gasteiger partial charge is 0.508 e. The lowest BCUT2D eigenvalue weighted by molar-refractivity contribution is -0.134. The summed E-state index contributed by atoms with van der Waals surface area (Å²) in [6, 6.07) is 6.64. The molecule has 1 aromatic rings. The Kier molecular flexibility index (Phi) is 5.90. The fourth-order valence-electron chi connectivity index (χ4n) is 2.79. The van der Waals surface area contributed by atoms with E-state index in [2.05, 4.69) is 0 Å². The van der Waals surface area contributed by atoms with Crippen LogP contribution in [0.2, 0.25) is 0 Å². The molecule has 0 heterocycles. The fraction of sp³-hybridized carbons (Fsp3) is 0.588. The second kappa shape index (κ2) is 7.91. The quantitative estimate of drug-likeness (QED) is 0.848. The van der Waals surface area contributed by atoms with Crippen LogP contribution in [0.15, 0.2) is 24.3 Å². The van der Waals surface area contributed by atoms with Crippen molar-refractivity contribution in [2.45, 2.75) is 38.5 Å². The van der Waals surface area contributed by atoms with Crippen molar-refractivity contribution in [3.63, 3.8) is 0 Å². The van der Waals surface area contributed by atoms with Crippen molar-refractivity contribution in [3.05, 3.63) is 24.3 Å². The summed E-state index contributed by atoms with van der Waals surface area (Å²) in [5, 5.41) is 9.20. The zero-order chi connectivity index (χ0) is 15.1. The van der Waals surface area contributed by atoms with E-state index in [0.717, 1.165) is 12.8 Å². The van der Waals surface area contributed by atoms with Crippen molar-refractivity contribution in [1.29, 1.82) is 0 Å². The number of nitrogens with zero attached hydrogens (tertiary/aromatic N) is 1. The molecular formula is C17H25NO3. The smallest absolute Gasteiger partial charge is 0.225 e. The van der Waals surface area contributed by atoms with Crippen LogP contribution in [-0.2, 0) is 4.79 Å². The van der Waals surface area contributed by atoms with Gasteiger partial charge in [0.25, 0.3) is 0 Å². The molecule has 1 aliphatic carbocycles. The summed E-state index contributed by atoms with van der Waals surface area (Å²) in [7, 11) is 1.85. The number of carbonyl (C=O) groups excluding carboxylic acids is 1. The minimum Gasteiger partial charge on any atom is -0.508 e. The molecule has 4 heteroatoms. The molecule has 1 N–H and O–H groups in total. The first-order valence-corrected chi connectivity index (χ1v) is 7.83. The minimum absolute atomic E-state index is 0.200. The Morgan fingerprint density at radius 1 is 1.19 bits per heavy atom. The summed E-state index contributed by atoms with van der Waals surface area (Å²) in [6.45, 7) is 1.07. The van der Waals surface area contributed by atoms with Crippen molar-refractivity contribution in [2.24, 2.45) is 5.92 Å². The Hall–Kier alpha value is -1.71. The van der Waals surface area contributed by atoms with Gasteiger partial charge in [-0.2, -0.15) is 0 Å². The third kappa shape index (κ3) is 4.96. The summed E-state index contributed by atoms with van der Waals surface area (Å²) >= 11 is 0. The van der Waals surface area contributed by atoms with Gasteiger partial charge in [-0.15, -0.1) is 0 Å². The number of carbonyl (C=O) groups is 1. The molecular weight excluding hydrogens is 266 g/mol. The van der Waals surface area contributed by atoms with E-state index in [1.165, 1.54) is 25.7 Å². The maximum Gasteiger partial charge on any atom is 0.225 e. The van der Waals surface area contributed by atoms with E-state index < -0.39 is 0 Å². The van der Waals surface area contributed by atoms with Crippen LogP contribution in [0.5, 0.6) is 11.5 Å². The normalized spacial score (nSPS) is 16.2. The molecule has 0 bridgehead atoms. The van der Waals surface area contributed by atoms with E-state index >= 15 is 0 Å². The average Bonchev–Trinajstić information content (AvgIpc) is 2.77. The number of likely N-dealkylation sites (N-methyl/N-ethyl adjacent to an activating group) is 1. The number of phenolic OH excluding ortho intramolecular Hbond substituents is 1. The van der Waals surface area contributed by atoms with Crippen LogP contribution in [0.4, 0.5) is 0 Å². The summed E-state index contributed by atoms with van der Waals surface area (Å²) in [5.41, 5.74) is 0. The van der Waals surface area contributed by atoms with Crippen LogP contribution in [0, 0.1) is 5.92 Å². The second-order valence-corrected chi connectivity index (χ2v) is 5.79. The molecule has 0 saturated heterocycles. The average molecular weight is 291 g/mol. The maximum atomic E-state index is 12.4. The molecule has 0 aromatic heterocycles. The minimum atomic E-state index is 0.200. The Morgan fingerprint density at radius 2 is 1.81 bits per heavy atom. The summed E-state index contributed by atoms with van der Waals surface area (Å²) in [6.07, 6.45) is 6.93. The van der Waals surface area contributed by atoms with E-state index in [1.54, 1.807) is 29.2 Å². The third-order valence-electron chi connectivity index (χ3n) is 4.11. The van der Waals surface area contributed by atoms with Gasteiger partial charge in [-0.1, -0.05) is 25.7 Å². The van der Waals surface area contributed by atoms with Gasteiger partial charge in [0.15, 0.2) is 0 Å². The summed E-state index contributed by atoms with van der Waals surface area (Å²) in [5.74, 6) is 1.39. The molecule has 4 nitrogen and oxygen atoms in total. The molecule has 116 valence electrons. The SMILES string of the molecule is CN(CCOc1ccc(O)cc1)C(=O)C1CCCCCC1. The number of hydrogen-bond donors (Lipinski definition) is 1. The Balaban J connectivity index is 1.74. The first-order chi connectivity index (χ1) is 10.2. The van der Waals surface area contributed by atoms with Gasteiger partial charge in [0.1, 0.15) is 18.1 Å². The van der Waals surface area contributed by atoms with Crippen molar-refractivity contribution in [1.82, 2.24) is 4.90 Å². The van der Waals surface area contributed by atoms with Crippen LogP contribution in [0.1, 0.15) is 38.5 Å². The predicted molar refractivity (Wildman–Crippen MR) is 82.4 cm³/mol. The molecule has 1 amide bonds. The zero-order valence-electron chi connectivity index (χ0n) is 12.8. The number of benzene rings is 1. The molecule has 0 radical (unpaired) electrons. The predicted octanol–water partition coefficient (Wildman–Crippen LogP) is 3.20. The topological polar surface area (TPSA) is 49.8 Å². The van der Waals surface area contributed by atoms with Crippen molar-refractivity contribution >= 4 is 5.91 Å². The number of ether oxygens (including phenoxy) is 1. The fourth-order valence-corrected chi connectivity index (χ4v) is 2.79. The number of phenols is 1. The van der Waals surface area contributed by atoms with E-state index in [0.29, 0.717) is 18.9 Å². The van der Waals surface area contributed by atoms with Gasteiger partial charge in [0.05, 0.1) is 6.54 Å². The van der Waals surface area contributed by atoms with Gasteiger partial charge in [0, 0.05) is 13.0 Å². The monoisotopic (exact) mass is 291 g/mol. The van der Waals surface area contributed by atoms with Crippen molar-refractivity contribution in [3.8, 4) is 11.5 Å². The first kappa shape index (κ1) is 15.7. The Morgan fingerprint density at radius 3 is 2.43 bits per heavy atom. The maximum absolute atomic E-state index is 12.4. The van der Waals surface area contributed by atoms with Crippen molar-refractivity contribution in [2.75, 3.05) is 20.2 Å². The lowest BCUT2D eigenvalue weighted by Gasteiger charge is -2.23. The Labute approximate surface area is 126 Å². The Bertz CT molecular complexity index is 436. The molecule has 1 aliphatic rings. The third-order valence-corrected chi connectivity index (χ3v) is 4.11. The van der Waals surface area contributed by atoms with Gasteiger partial charge in [-0.25, -0.2) is 0 Å². The second-order valence-electron chi connectivity index (χ2n) is 5.79. The van der Waals surface area contributed by atoms with Gasteiger partial charge in [-0.05, 0) is 37.1 Å². The number of rotatable bonds is 5. The summed E-state index contributed by atoms with van der Waals surface area (Å²) in [4.78, 5) is 14.2. The van der Waals surface area contributed by atoms with Crippen LogP contribution in [-0.4, -0.2) is 36.1 Å². The molecule has 2 rings (SSSR count). The van der Waals surface area contributed by atoms with Gasteiger partial charge >= 0.3 is 0 Å². The molecule has 0 spiro atoms. The highest BCUT2D eigenvalue weighted by atomic mass is 16.5. The van der Waals surface area contributed by atoms with Gasteiger partial charge in [-0.3, -0.25) is 4.79 Å². The molecule has 0 atom stereocenters. The van der Waals surface area contributed by atoms with Crippen molar-refractivity contribution < 1.29 is 14.6 Å². The molecule has 0 unspecified atom stereocenters. The molecule has 1 saturated carbocycles. The molecule has 1 aromatic carbocycles. The van der Waals surface area contributed by atoms with E-state index in [4.69, 9.17) is 4.74 Å². The number of hydrogen-bond acceptors (Lipinski definition) is 3.